The fourth-order valence-electron chi connectivity index (χ4n) is 2.67. The highest BCUT2D eigenvalue weighted by atomic mass is 16.2. The Hall–Kier alpha value is -1.68. The van der Waals surface area contributed by atoms with Crippen molar-refractivity contribution in [3.8, 4) is 0 Å². The van der Waals surface area contributed by atoms with Crippen molar-refractivity contribution in [3.63, 3.8) is 0 Å². The summed E-state index contributed by atoms with van der Waals surface area (Å²) >= 11 is 0. The van der Waals surface area contributed by atoms with Crippen LogP contribution in [0.3, 0.4) is 0 Å². The molecule has 0 saturated carbocycles. The average Bonchev–Trinajstić information content (AvgIpc) is 2.48. The van der Waals surface area contributed by atoms with E-state index in [1.54, 1.807) is 0 Å². The number of amides is 1. The lowest BCUT2D eigenvalue weighted by molar-refractivity contribution is -0.133. The second-order valence-corrected chi connectivity index (χ2v) is 6.54. The second kappa shape index (κ2) is 7.54. The topological polar surface area (TPSA) is 40.6 Å². The number of Topliss-reactive ketones (excluding diaryl/α,β-unsaturated/α-hetero) is 1. The minimum Gasteiger partial charge on any atom is -0.340 e. The molecule has 1 heterocycles. The van der Waals surface area contributed by atoms with E-state index < -0.39 is 0 Å². The van der Waals surface area contributed by atoms with Gasteiger partial charge in [0.05, 0.1) is 6.54 Å². The van der Waals surface area contributed by atoms with Gasteiger partial charge in [-0.05, 0) is 12.8 Å². The van der Waals surface area contributed by atoms with E-state index in [0.29, 0.717) is 18.9 Å². The van der Waals surface area contributed by atoms with Crippen LogP contribution in [-0.4, -0.2) is 54.2 Å². The summed E-state index contributed by atoms with van der Waals surface area (Å²) in [5.74, 6) is 0.787. The Bertz CT molecular complexity index is 514. The predicted molar refractivity (Wildman–Crippen MR) is 88.0 cm³/mol. The zero-order chi connectivity index (χ0) is 16.1. The highest BCUT2D eigenvalue weighted by Gasteiger charge is 2.22. The van der Waals surface area contributed by atoms with E-state index in [1.807, 2.05) is 36.1 Å². The highest BCUT2D eigenvalue weighted by Crippen LogP contribution is 2.10. The van der Waals surface area contributed by atoms with E-state index >= 15 is 0 Å². The number of hydrogen-bond donors (Lipinski definition) is 0. The first-order chi connectivity index (χ1) is 10.5. The largest absolute Gasteiger partial charge is 0.340 e. The van der Waals surface area contributed by atoms with Crippen molar-refractivity contribution >= 4 is 11.7 Å². The zero-order valence-electron chi connectivity index (χ0n) is 13.8. The molecular weight excluding hydrogens is 276 g/mol. The average molecular weight is 302 g/mol. The molecule has 1 aliphatic rings. The first kappa shape index (κ1) is 16.7. The predicted octanol–water partition coefficient (Wildman–Crippen LogP) is 2.37. The number of aryl methyl sites for hydroxylation is 1. The van der Waals surface area contributed by atoms with Gasteiger partial charge in [-0.3, -0.25) is 14.5 Å². The summed E-state index contributed by atoms with van der Waals surface area (Å²) < 4.78 is 0. The monoisotopic (exact) mass is 302 g/mol. The smallest absolute Gasteiger partial charge is 0.222 e. The lowest BCUT2D eigenvalue weighted by Crippen LogP contribution is -2.50. The van der Waals surface area contributed by atoms with Gasteiger partial charge in [0.15, 0.2) is 5.78 Å². The molecule has 1 saturated heterocycles. The minimum absolute atomic E-state index is 0.155. The molecule has 22 heavy (non-hydrogen) atoms. The lowest BCUT2D eigenvalue weighted by Gasteiger charge is -2.34. The van der Waals surface area contributed by atoms with Gasteiger partial charge >= 0.3 is 0 Å². The van der Waals surface area contributed by atoms with Crippen LogP contribution in [0.5, 0.6) is 0 Å². The molecular formula is C18H26N2O2. The number of benzene rings is 1. The number of hydrogen-bond acceptors (Lipinski definition) is 3. The molecule has 0 unspecified atom stereocenters. The molecule has 1 aliphatic heterocycles. The van der Waals surface area contributed by atoms with Crippen LogP contribution in [-0.2, 0) is 4.79 Å². The summed E-state index contributed by atoms with van der Waals surface area (Å²) in [4.78, 5) is 28.4. The molecule has 120 valence electrons. The molecule has 0 spiro atoms. The van der Waals surface area contributed by atoms with Crippen molar-refractivity contribution in [2.45, 2.75) is 27.2 Å². The summed E-state index contributed by atoms with van der Waals surface area (Å²) in [6, 6.07) is 7.71. The van der Waals surface area contributed by atoms with Crippen LogP contribution in [0.25, 0.3) is 0 Å². The quantitative estimate of drug-likeness (QED) is 0.784. The standard InChI is InChI=1S/C18H26N2O2/c1-14(2)12-18(22)20-10-8-19(9-11-20)13-17(21)16-6-4-15(3)5-7-16/h4-7,14H,8-13H2,1-3H3. The third-order valence-corrected chi connectivity index (χ3v) is 4.05. The van der Waals surface area contributed by atoms with E-state index in [1.165, 1.54) is 0 Å². The Morgan fingerprint density at radius 3 is 2.18 bits per heavy atom. The molecule has 4 nitrogen and oxygen atoms in total. The Morgan fingerprint density at radius 1 is 1.05 bits per heavy atom. The van der Waals surface area contributed by atoms with E-state index in [2.05, 4.69) is 18.7 Å². The van der Waals surface area contributed by atoms with Gasteiger partial charge in [-0.2, -0.15) is 0 Å². The molecule has 1 aromatic rings. The lowest BCUT2D eigenvalue weighted by atomic mass is 10.1. The van der Waals surface area contributed by atoms with Crippen LogP contribution in [0.4, 0.5) is 0 Å². The molecule has 0 aliphatic carbocycles. The summed E-state index contributed by atoms with van der Waals surface area (Å²) in [6.07, 6.45) is 0.613. The van der Waals surface area contributed by atoms with Crippen molar-refractivity contribution in [1.82, 2.24) is 9.80 Å². The molecule has 1 aromatic carbocycles. The zero-order valence-corrected chi connectivity index (χ0v) is 13.8. The number of piperazine rings is 1. The van der Waals surface area contributed by atoms with Gasteiger partial charge in [-0.1, -0.05) is 43.7 Å². The SMILES string of the molecule is Cc1ccc(C(=O)CN2CCN(C(=O)CC(C)C)CC2)cc1. The number of nitrogens with zero attached hydrogens (tertiary/aromatic N) is 2. The van der Waals surface area contributed by atoms with Crippen LogP contribution < -0.4 is 0 Å². The molecule has 0 atom stereocenters. The first-order valence-corrected chi connectivity index (χ1v) is 8.05. The van der Waals surface area contributed by atoms with Crippen molar-refractivity contribution in [3.05, 3.63) is 35.4 Å². The summed E-state index contributed by atoms with van der Waals surface area (Å²) in [5.41, 5.74) is 1.93. The van der Waals surface area contributed by atoms with Gasteiger partial charge in [0.1, 0.15) is 0 Å². The van der Waals surface area contributed by atoms with Crippen LogP contribution >= 0.6 is 0 Å². The van der Waals surface area contributed by atoms with Gasteiger partial charge in [0, 0.05) is 38.2 Å². The van der Waals surface area contributed by atoms with Crippen LogP contribution in [0.2, 0.25) is 0 Å². The first-order valence-electron chi connectivity index (χ1n) is 8.05. The highest BCUT2D eigenvalue weighted by molar-refractivity contribution is 5.97. The van der Waals surface area contributed by atoms with Crippen LogP contribution in [0.1, 0.15) is 36.2 Å². The molecule has 4 heteroatoms. The third kappa shape index (κ3) is 4.67. The normalized spacial score (nSPS) is 16.1. The Labute approximate surface area is 133 Å². The molecule has 0 radical (unpaired) electrons. The van der Waals surface area contributed by atoms with Crippen molar-refractivity contribution < 1.29 is 9.59 Å². The molecule has 2 rings (SSSR count). The van der Waals surface area contributed by atoms with Crippen LogP contribution in [0.15, 0.2) is 24.3 Å². The van der Waals surface area contributed by atoms with E-state index in [9.17, 15) is 9.59 Å². The van der Waals surface area contributed by atoms with Gasteiger partial charge in [-0.15, -0.1) is 0 Å². The maximum absolute atomic E-state index is 12.3. The minimum atomic E-state index is 0.155. The fourth-order valence-corrected chi connectivity index (χ4v) is 2.67. The van der Waals surface area contributed by atoms with E-state index in [0.717, 1.165) is 37.3 Å². The van der Waals surface area contributed by atoms with E-state index in [-0.39, 0.29) is 11.7 Å². The van der Waals surface area contributed by atoms with Gasteiger partial charge < -0.3 is 4.90 Å². The van der Waals surface area contributed by atoms with Gasteiger partial charge in [0.2, 0.25) is 5.91 Å². The molecule has 0 bridgehead atoms. The van der Waals surface area contributed by atoms with Crippen molar-refractivity contribution in [2.24, 2.45) is 5.92 Å². The number of carbonyl (C=O) groups is 2. The third-order valence-electron chi connectivity index (χ3n) is 4.05. The molecule has 0 aromatic heterocycles. The number of rotatable bonds is 5. The summed E-state index contributed by atoms with van der Waals surface area (Å²) in [7, 11) is 0. The van der Waals surface area contributed by atoms with Crippen LogP contribution in [0, 0.1) is 12.8 Å². The maximum Gasteiger partial charge on any atom is 0.222 e. The number of ketones is 1. The Balaban J connectivity index is 1.81. The summed E-state index contributed by atoms with van der Waals surface area (Å²) in [6.45, 7) is 9.60. The molecule has 1 amide bonds. The van der Waals surface area contributed by atoms with Crippen molar-refractivity contribution in [2.75, 3.05) is 32.7 Å². The maximum atomic E-state index is 12.3. The Kier molecular flexibility index (Phi) is 5.72. The molecule has 1 fully saturated rings. The molecule has 0 N–H and O–H groups in total. The van der Waals surface area contributed by atoms with Crippen molar-refractivity contribution in [1.29, 1.82) is 0 Å². The summed E-state index contributed by atoms with van der Waals surface area (Å²) in [5, 5.41) is 0. The second-order valence-electron chi connectivity index (χ2n) is 6.54. The van der Waals surface area contributed by atoms with E-state index in [4.69, 9.17) is 0 Å². The van der Waals surface area contributed by atoms with Gasteiger partial charge in [0.25, 0.3) is 0 Å². The number of carbonyl (C=O) groups excluding carboxylic acids is 2. The van der Waals surface area contributed by atoms with Gasteiger partial charge in [-0.25, -0.2) is 0 Å². The Morgan fingerprint density at radius 2 is 1.64 bits per heavy atom. The fraction of sp³-hybridized carbons (Fsp3) is 0.556.